The lowest BCUT2D eigenvalue weighted by Crippen LogP contribution is -2.58. The highest BCUT2D eigenvalue weighted by atomic mass is 16.5. The van der Waals surface area contributed by atoms with Gasteiger partial charge in [0, 0.05) is 18.9 Å². The number of hydrogen-bond acceptors (Lipinski definition) is 5. The fourth-order valence-corrected chi connectivity index (χ4v) is 5.28. The number of piperidine rings is 1. The Morgan fingerprint density at radius 3 is 3.00 bits per heavy atom. The van der Waals surface area contributed by atoms with Gasteiger partial charge in [-0.2, -0.15) is 0 Å². The molecule has 0 unspecified atom stereocenters. The van der Waals surface area contributed by atoms with Gasteiger partial charge in [-0.05, 0) is 24.5 Å². The van der Waals surface area contributed by atoms with E-state index in [1.807, 2.05) is 29.2 Å². The number of methoxy groups -OCH3 is 1. The van der Waals surface area contributed by atoms with E-state index in [-0.39, 0.29) is 35.6 Å². The molecule has 5 rings (SSSR count). The number of ether oxygens (including phenoxy) is 1. The lowest BCUT2D eigenvalue weighted by atomic mass is 9.60. The molecule has 4 aliphatic rings. The molecule has 1 N–H and O–H groups in total. The van der Waals surface area contributed by atoms with E-state index in [0.717, 1.165) is 24.1 Å². The second-order valence-electron chi connectivity index (χ2n) is 7.16. The standard InChI is InChI=1S/C19H18N2O4/c1-25-18(24)14-15(23)10-5-4-8-21-13(22)9-19(17(10)21)11-6-2-3-7-12(11)20-16(14)19/h2-3,6-7,10,17,23H,4-5,8-9H2,1H3/t10-,17-,19-/m1/s1. The molecule has 1 spiro atoms. The van der Waals surface area contributed by atoms with Crippen LogP contribution in [0, 0.1) is 5.92 Å². The van der Waals surface area contributed by atoms with Crippen molar-refractivity contribution in [3.63, 3.8) is 0 Å². The molecule has 3 aliphatic heterocycles. The van der Waals surface area contributed by atoms with Gasteiger partial charge in [0.25, 0.3) is 0 Å². The van der Waals surface area contributed by atoms with Crippen LogP contribution in [-0.2, 0) is 19.7 Å². The zero-order valence-corrected chi connectivity index (χ0v) is 13.9. The van der Waals surface area contributed by atoms with Crippen molar-refractivity contribution < 1.29 is 19.4 Å². The van der Waals surface area contributed by atoms with E-state index in [4.69, 9.17) is 4.74 Å². The molecule has 3 heterocycles. The van der Waals surface area contributed by atoms with Crippen LogP contribution in [-0.4, -0.2) is 47.3 Å². The number of fused-ring (bicyclic) bond motifs is 1. The summed E-state index contributed by atoms with van der Waals surface area (Å²) in [4.78, 5) is 31.9. The predicted octanol–water partition coefficient (Wildman–Crippen LogP) is 2.02. The molecule has 6 nitrogen and oxygen atoms in total. The Kier molecular flexibility index (Phi) is 2.77. The quantitative estimate of drug-likeness (QED) is 0.795. The third-order valence-electron chi connectivity index (χ3n) is 6.16. The molecule has 2 saturated heterocycles. The number of benzene rings is 1. The molecular formula is C19H18N2O4. The molecule has 0 aromatic heterocycles. The van der Waals surface area contributed by atoms with Crippen molar-refractivity contribution in [2.24, 2.45) is 10.9 Å². The number of nitrogens with zero attached hydrogens (tertiary/aromatic N) is 2. The van der Waals surface area contributed by atoms with E-state index >= 15 is 0 Å². The molecule has 0 bridgehead atoms. The summed E-state index contributed by atoms with van der Waals surface area (Å²) in [5.74, 6) is -0.741. The summed E-state index contributed by atoms with van der Waals surface area (Å²) < 4.78 is 4.94. The smallest absolute Gasteiger partial charge is 0.343 e. The maximum absolute atomic E-state index is 12.8. The second kappa shape index (κ2) is 4.71. The van der Waals surface area contributed by atoms with Gasteiger partial charge < -0.3 is 14.7 Å². The Balaban J connectivity index is 1.84. The zero-order chi connectivity index (χ0) is 17.3. The highest BCUT2D eigenvalue weighted by Gasteiger charge is 2.66. The van der Waals surface area contributed by atoms with E-state index in [9.17, 15) is 14.7 Å². The molecule has 0 radical (unpaired) electrons. The summed E-state index contributed by atoms with van der Waals surface area (Å²) in [7, 11) is 1.30. The molecule has 1 aromatic rings. The van der Waals surface area contributed by atoms with Gasteiger partial charge in [-0.15, -0.1) is 0 Å². The average Bonchev–Trinajstić information content (AvgIpc) is 3.12. The number of carbonyl (C=O) groups excluding carboxylic acids is 2. The monoisotopic (exact) mass is 338 g/mol. The van der Waals surface area contributed by atoms with Crippen LogP contribution >= 0.6 is 0 Å². The fourth-order valence-electron chi connectivity index (χ4n) is 5.28. The van der Waals surface area contributed by atoms with Crippen LogP contribution in [0.2, 0.25) is 0 Å². The predicted molar refractivity (Wildman–Crippen MR) is 89.7 cm³/mol. The topological polar surface area (TPSA) is 79.2 Å². The first kappa shape index (κ1) is 14.7. The number of hydrogen-bond donors (Lipinski definition) is 1. The Hall–Kier alpha value is -2.63. The number of aliphatic imine (C=N–C) groups is 1. The Labute approximate surface area is 144 Å². The van der Waals surface area contributed by atoms with Crippen LogP contribution in [0.4, 0.5) is 5.69 Å². The summed E-state index contributed by atoms with van der Waals surface area (Å²) in [6, 6.07) is 7.54. The number of carbonyl (C=O) groups is 2. The average molecular weight is 338 g/mol. The lowest BCUT2D eigenvalue weighted by molar-refractivity contribution is -0.135. The van der Waals surface area contributed by atoms with E-state index in [1.54, 1.807) is 0 Å². The van der Waals surface area contributed by atoms with Crippen LogP contribution in [0.25, 0.3) is 0 Å². The van der Waals surface area contributed by atoms with Crippen LogP contribution in [0.15, 0.2) is 40.6 Å². The Bertz CT molecular complexity index is 887. The third kappa shape index (κ3) is 1.57. The minimum absolute atomic E-state index is 0.0263. The highest BCUT2D eigenvalue weighted by Crippen LogP contribution is 2.58. The minimum Gasteiger partial charge on any atom is -0.511 e. The SMILES string of the molecule is COC(=O)C1=C(O)[C@H]2CCCN3C(=O)C[C@@]4(C1=Nc1ccccc14)[C@@H]23. The van der Waals surface area contributed by atoms with E-state index in [1.165, 1.54) is 7.11 Å². The van der Waals surface area contributed by atoms with E-state index in [2.05, 4.69) is 4.99 Å². The van der Waals surface area contributed by atoms with Crippen molar-refractivity contribution >= 4 is 23.3 Å². The van der Waals surface area contributed by atoms with Crippen LogP contribution in [0.1, 0.15) is 24.8 Å². The maximum Gasteiger partial charge on any atom is 0.343 e. The van der Waals surface area contributed by atoms with E-state index < -0.39 is 11.4 Å². The summed E-state index contributed by atoms with van der Waals surface area (Å²) in [5.41, 5.74) is 1.74. The number of amides is 1. The largest absolute Gasteiger partial charge is 0.511 e. The number of rotatable bonds is 1. The van der Waals surface area contributed by atoms with Crippen molar-refractivity contribution in [2.45, 2.75) is 30.7 Å². The molecule has 1 aliphatic carbocycles. The fraction of sp³-hybridized carbons (Fsp3) is 0.421. The number of esters is 1. The molecular weight excluding hydrogens is 320 g/mol. The van der Waals surface area contributed by atoms with Crippen molar-refractivity contribution in [1.82, 2.24) is 4.90 Å². The molecule has 2 fully saturated rings. The first-order valence-electron chi connectivity index (χ1n) is 8.59. The lowest BCUT2D eigenvalue weighted by Gasteiger charge is -2.47. The van der Waals surface area contributed by atoms with Crippen LogP contribution < -0.4 is 0 Å². The molecule has 1 aromatic carbocycles. The van der Waals surface area contributed by atoms with Gasteiger partial charge in [0.15, 0.2) is 0 Å². The van der Waals surface area contributed by atoms with Crippen LogP contribution in [0.5, 0.6) is 0 Å². The number of aliphatic hydroxyl groups is 1. The molecule has 6 heteroatoms. The summed E-state index contributed by atoms with van der Waals surface area (Å²) in [6.07, 6.45) is 1.85. The molecule has 25 heavy (non-hydrogen) atoms. The maximum atomic E-state index is 12.8. The molecule has 0 saturated carbocycles. The first-order chi connectivity index (χ1) is 12.1. The Morgan fingerprint density at radius 2 is 2.20 bits per heavy atom. The highest BCUT2D eigenvalue weighted by molar-refractivity contribution is 6.28. The normalized spacial score (nSPS) is 32.1. The van der Waals surface area contributed by atoms with Gasteiger partial charge in [-0.3, -0.25) is 9.79 Å². The van der Waals surface area contributed by atoms with E-state index in [0.29, 0.717) is 12.3 Å². The number of aliphatic hydroxyl groups excluding tert-OH is 1. The van der Waals surface area contributed by atoms with Crippen molar-refractivity contribution in [3.8, 4) is 0 Å². The summed E-state index contributed by atoms with van der Waals surface area (Å²) >= 11 is 0. The minimum atomic E-state index is -0.658. The summed E-state index contributed by atoms with van der Waals surface area (Å²) in [5, 5.41) is 10.9. The molecule has 128 valence electrons. The Morgan fingerprint density at radius 1 is 1.40 bits per heavy atom. The number of para-hydroxylation sites is 1. The van der Waals surface area contributed by atoms with Gasteiger partial charge in [0.1, 0.15) is 11.3 Å². The van der Waals surface area contributed by atoms with Crippen molar-refractivity contribution in [2.75, 3.05) is 13.7 Å². The van der Waals surface area contributed by atoms with Crippen LogP contribution in [0.3, 0.4) is 0 Å². The van der Waals surface area contributed by atoms with Crippen molar-refractivity contribution in [3.05, 3.63) is 41.2 Å². The van der Waals surface area contributed by atoms with Gasteiger partial charge in [0.2, 0.25) is 5.91 Å². The third-order valence-corrected chi connectivity index (χ3v) is 6.16. The zero-order valence-electron chi connectivity index (χ0n) is 13.9. The van der Waals surface area contributed by atoms with Gasteiger partial charge >= 0.3 is 5.97 Å². The van der Waals surface area contributed by atoms with Gasteiger partial charge in [0.05, 0.1) is 30.0 Å². The first-order valence-corrected chi connectivity index (χ1v) is 8.59. The van der Waals surface area contributed by atoms with Gasteiger partial charge in [-0.1, -0.05) is 18.2 Å². The molecule has 3 atom stereocenters. The second-order valence-corrected chi connectivity index (χ2v) is 7.16. The molecule has 1 amide bonds. The van der Waals surface area contributed by atoms with Gasteiger partial charge in [-0.25, -0.2) is 4.79 Å². The summed E-state index contributed by atoms with van der Waals surface area (Å²) in [6.45, 7) is 0.692. The van der Waals surface area contributed by atoms with Crippen molar-refractivity contribution in [1.29, 1.82) is 0 Å².